The van der Waals surface area contributed by atoms with Crippen LogP contribution in [0.5, 0.6) is 17.2 Å². The van der Waals surface area contributed by atoms with Gasteiger partial charge in [0.15, 0.2) is 17.5 Å². The van der Waals surface area contributed by atoms with Gasteiger partial charge in [0, 0.05) is 12.1 Å². The lowest BCUT2D eigenvalue weighted by Crippen LogP contribution is -3.11. The third-order valence-corrected chi connectivity index (χ3v) is 5.43. The molecule has 142 valence electrons. The molecule has 1 amide bonds. The molecule has 2 aromatic rings. The molecule has 0 spiro atoms. The van der Waals surface area contributed by atoms with Gasteiger partial charge < -0.3 is 24.4 Å². The van der Waals surface area contributed by atoms with Crippen molar-refractivity contribution in [3.63, 3.8) is 0 Å². The molecule has 6 heteroatoms. The van der Waals surface area contributed by atoms with Crippen LogP contribution in [-0.2, 0) is 11.2 Å². The van der Waals surface area contributed by atoms with Crippen molar-refractivity contribution in [2.24, 2.45) is 0 Å². The topological polar surface area (TPSA) is 61.2 Å². The molecule has 2 aliphatic rings. The first-order valence-corrected chi connectivity index (χ1v) is 9.19. The van der Waals surface area contributed by atoms with Gasteiger partial charge in [-0.2, -0.15) is 0 Å². The third kappa shape index (κ3) is 3.00. The minimum Gasteiger partial charge on any atom is -0.492 e. The van der Waals surface area contributed by atoms with Crippen molar-refractivity contribution >= 4 is 11.6 Å². The number of carbonyl (C=O) groups excluding carboxylic acids is 1. The predicted octanol–water partition coefficient (Wildman–Crippen LogP) is 1.79. The van der Waals surface area contributed by atoms with Crippen molar-refractivity contribution in [1.29, 1.82) is 0 Å². The molecule has 2 aliphatic heterocycles. The van der Waals surface area contributed by atoms with E-state index in [0.717, 1.165) is 45.8 Å². The van der Waals surface area contributed by atoms with E-state index in [2.05, 4.69) is 5.32 Å². The number of benzene rings is 2. The Balaban J connectivity index is 1.76. The summed E-state index contributed by atoms with van der Waals surface area (Å²) in [5.74, 6) is 1.86. The van der Waals surface area contributed by atoms with Gasteiger partial charge in [-0.15, -0.1) is 0 Å². The average molecular weight is 369 g/mol. The van der Waals surface area contributed by atoms with Crippen molar-refractivity contribution in [2.45, 2.75) is 26.3 Å². The minimum atomic E-state index is -0.377. The fourth-order valence-electron chi connectivity index (χ4n) is 3.96. The Morgan fingerprint density at radius 2 is 2.07 bits per heavy atom. The van der Waals surface area contributed by atoms with Crippen LogP contribution in [-0.4, -0.2) is 33.4 Å². The molecular weight excluding hydrogens is 344 g/mol. The smallest absolute Gasteiger partial charge is 0.287 e. The standard InChI is InChI=1S/C21H24N2O4/c1-12-5-6-13(2)15(9-12)22-21(24)18-17-14(7-8-23(18)3)10-16-19(20(17)25-4)27-11-26-16/h5-6,9-10,18H,7-8,11H2,1-4H3,(H,22,24)/p+1/t18-/m1/s1. The first-order valence-electron chi connectivity index (χ1n) is 9.19. The van der Waals surface area contributed by atoms with E-state index in [4.69, 9.17) is 14.2 Å². The Hall–Kier alpha value is -2.73. The Morgan fingerprint density at radius 3 is 2.85 bits per heavy atom. The number of carbonyl (C=O) groups is 1. The predicted molar refractivity (Wildman–Crippen MR) is 102 cm³/mol. The number of ether oxygens (including phenoxy) is 3. The van der Waals surface area contributed by atoms with Crippen LogP contribution in [0.3, 0.4) is 0 Å². The lowest BCUT2D eigenvalue weighted by molar-refractivity contribution is -0.904. The van der Waals surface area contributed by atoms with Crippen LogP contribution in [0, 0.1) is 13.8 Å². The summed E-state index contributed by atoms with van der Waals surface area (Å²) in [7, 11) is 3.65. The highest BCUT2D eigenvalue weighted by Gasteiger charge is 2.40. The number of methoxy groups -OCH3 is 1. The maximum Gasteiger partial charge on any atom is 0.287 e. The number of quaternary nitrogens is 1. The van der Waals surface area contributed by atoms with Gasteiger partial charge in [0.1, 0.15) is 0 Å². The number of anilines is 1. The van der Waals surface area contributed by atoms with E-state index in [-0.39, 0.29) is 18.7 Å². The molecule has 0 aromatic heterocycles. The van der Waals surface area contributed by atoms with Crippen molar-refractivity contribution < 1.29 is 23.9 Å². The number of likely N-dealkylation sites (N-methyl/N-ethyl adjacent to an activating group) is 1. The Kier molecular flexibility index (Phi) is 4.44. The molecule has 0 fully saturated rings. The summed E-state index contributed by atoms with van der Waals surface area (Å²) < 4.78 is 16.8. The van der Waals surface area contributed by atoms with Crippen molar-refractivity contribution in [2.75, 3.05) is 32.8 Å². The highest BCUT2D eigenvalue weighted by Crippen LogP contribution is 2.47. The molecule has 6 nitrogen and oxygen atoms in total. The SMILES string of the molecule is COc1c2c(cc3c1[C@H](C(=O)Nc1cc(C)ccc1C)[NH+](C)CC3)OCO2. The summed E-state index contributed by atoms with van der Waals surface area (Å²) in [6, 6.07) is 7.68. The molecule has 2 heterocycles. The lowest BCUT2D eigenvalue weighted by Gasteiger charge is -2.32. The first-order chi connectivity index (χ1) is 13.0. The van der Waals surface area contributed by atoms with Gasteiger partial charge in [-0.05, 0) is 42.7 Å². The minimum absolute atomic E-state index is 0.0423. The summed E-state index contributed by atoms with van der Waals surface area (Å²) >= 11 is 0. The maximum absolute atomic E-state index is 13.3. The molecule has 1 unspecified atom stereocenters. The Bertz CT molecular complexity index is 910. The van der Waals surface area contributed by atoms with Crippen LogP contribution in [0.25, 0.3) is 0 Å². The number of aryl methyl sites for hydroxylation is 2. The number of fused-ring (bicyclic) bond motifs is 2. The zero-order chi connectivity index (χ0) is 19.1. The third-order valence-electron chi connectivity index (χ3n) is 5.43. The van der Waals surface area contributed by atoms with Gasteiger partial charge in [0.25, 0.3) is 5.91 Å². The normalized spacial score (nSPS) is 20.1. The quantitative estimate of drug-likeness (QED) is 0.866. The van der Waals surface area contributed by atoms with E-state index in [9.17, 15) is 4.79 Å². The lowest BCUT2D eigenvalue weighted by atomic mass is 9.90. The summed E-state index contributed by atoms with van der Waals surface area (Å²) in [5, 5.41) is 3.12. The van der Waals surface area contributed by atoms with E-state index >= 15 is 0 Å². The summed E-state index contributed by atoms with van der Waals surface area (Å²) in [4.78, 5) is 14.4. The number of hydrogen-bond donors (Lipinski definition) is 2. The summed E-state index contributed by atoms with van der Waals surface area (Å²) in [6.45, 7) is 5.06. The van der Waals surface area contributed by atoms with E-state index in [1.54, 1.807) is 7.11 Å². The van der Waals surface area contributed by atoms with Gasteiger partial charge in [-0.3, -0.25) is 4.79 Å². The van der Waals surface area contributed by atoms with E-state index in [0.29, 0.717) is 17.2 Å². The van der Waals surface area contributed by atoms with Gasteiger partial charge in [-0.25, -0.2) is 0 Å². The molecular formula is C21H25N2O4+. The van der Waals surface area contributed by atoms with Crippen LogP contribution in [0.15, 0.2) is 24.3 Å². The monoisotopic (exact) mass is 369 g/mol. The second-order valence-corrected chi connectivity index (χ2v) is 7.30. The van der Waals surface area contributed by atoms with Crippen LogP contribution in [0.4, 0.5) is 5.69 Å². The molecule has 2 atom stereocenters. The van der Waals surface area contributed by atoms with Crippen molar-refractivity contribution in [3.8, 4) is 17.2 Å². The average Bonchev–Trinajstić information content (AvgIpc) is 3.11. The molecule has 2 aromatic carbocycles. The first kappa shape index (κ1) is 17.7. The molecule has 0 radical (unpaired) electrons. The van der Waals surface area contributed by atoms with Crippen LogP contribution in [0.2, 0.25) is 0 Å². The fraction of sp³-hybridized carbons (Fsp3) is 0.381. The van der Waals surface area contributed by atoms with E-state index < -0.39 is 0 Å². The highest BCUT2D eigenvalue weighted by atomic mass is 16.7. The maximum atomic E-state index is 13.3. The summed E-state index contributed by atoms with van der Waals surface area (Å²) in [6.07, 6.45) is 0.863. The number of amides is 1. The Labute approximate surface area is 159 Å². The van der Waals surface area contributed by atoms with Gasteiger partial charge in [0.05, 0.1) is 26.3 Å². The summed E-state index contributed by atoms with van der Waals surface area (Å²) in [5.41, 5.74) is 4.98. The van der Waals surface area contributed by atoms with Gasteiger partial charge in [-0.1, -0.05) is 12.1 Å². The van der Waals surface area contributed by atoms with Crippen molar-refractivity contribution in [1.82, 2.24) is 0 Å². The Morgan fingerprint density at radius 1 is 1.26 bits per heavy atom. The highest BCUT2D eigenvalue weighted by molar-refractivity contribution is 5.96. The van der Waals surface area contributed by atoms with Crippen molar-refractivity contribution in [3.05, 3.63) is 46.5 Å². The van der Waals surface area contributed by atoms with Crippen LogP contribution < -0.4 is 24.4 Å². The van der Waals surface area contributed by atoms with E-state index in [1.807, 2.05) is 45.2 Å². The molecule has 0 aliphatic carbocycles. The number of hydrogen-bond acceptors (Lipinski definition) is 4. The van der Waals surface area contributed by atoms with Crippen LogP contribution >= 0.6 is 0 Å². The number of nitrogens with one attached hydrogen (secondary N) is 2. The van der Waals surface area contributed by atoms with Gasteiger partial charge in [0.2, 0.25) is 12.5 Å². The largest absolute Gasteiger partial charge is 0.492 e. The van der Waals surface area contributed by atoms with E-state index in [1.165, 1.54) is 0 Å². The van der Waals surface area contributed by atoms with Crippen LogP contribution in [0.1, 0.15) is 28.3 Å². The molecule has 0 bridgehead atoms. The second kappa shape index (κ2) is 6.78. The fourth-order valence-corrected chi connectivity index (χ4v) is 3.96. The number of rotatable bonds is 3. The molecule has 27 heavy (non-hydrogen) atoms. The zero-order valence-corrected chi connectivity index (χ0v) is 16.1. The van der Waals surface area contributed by atoms with Gasteiger partial charge >= 0.3 is 0 Å². The zero-order valence-electron chi connectivity index (χ0n) is 16.1. The molecule has 4 rings (SSSR count). The molecule has 0 saturated heterocycles. The molecule has 2 N–H and O–H groups in total. The molecule has 0 saturated carbocycles. The second-order valence-electron chi connectivity index (χ2n) is 7.30.